The van der Waals surface area contributed by atoms with E-state index in [0.29, 0.717) is 0 Å². The normalized spacial score (nSPS) is 13.4. The van der Waals surface area contributed by atoms with Gasteiger partial charge in [0.1, 0.15) is 0 Å². The van der Waals surface area contributed by atoms with Gasteiger partial charge in [-0.1, -0.05) is 97.1 Å². The van der Waals surface area contributed by atoms with Crippen molar-refractivity contribution in [2.24, 2.45) is 0 Å². The Kier molecular flexibility index (Phi) is 3.84. The molecule has 0 fully saturated rings. The fourth-order valence-corrected chi connectivity index (χ4v) is 6.34. The Balaban J connectivity index is 1.70. The van der Waals surface area contributed by atoms with Gasteiger partial charge in [0.25, 0.3) is 0 Å². The number of H-pyrrole nitrogens is 1. The van der Waals surface area contributed by atoms with Gasteiger partial charge in [-0.3, -0.25) is 0 Å². The third-order valence-electron chi connectivity index (χ3n) is 7.83. The second kappa shape index (κ2) is 7.07. The molecule has 1 aliphatic carbocycles. The van der Waals surface area contributed by atoms with E-state index < -0.39 is 0 Å². The number of fused-ring (bicyclic) bond motifs is 12. The molecule has 0 unspecified atom stereocenters. The van der Waals surface area contributed by atoms with Gasteiger partial charge in [-0.2, -0.15) is 0 Å². The van der Waals surface area contributed by atoms with Crippen LogP contribution in [0.4, 0.5) is 0 Å². The van der Waals surface area contributed by atoms with Gasteiger partial charge < -0.3 is 4.98 Å². The molecule has 164 valence electrons. The van der Waals surface area contributed by atoms with E-state index in [-0.39, 0.29) is 0 Å². The fourth-order valence-electron chi connectivity index (χ4n) is 6.34. The van der Waals surface area contributed by atoms with E-state index >= 15 is 0 Å². The molecule has 0 radical (unpaired) electrons. The molecule has 0 spiro atoms. The number of allylic oxidation sites excluding steroid dienone is 1. The summed E-state index contributed by atoms with van der Waals surface area (Å²) in [5.41, 5.74) is 7.97. The van der Waals surface area contributed by atoms with Crippen molar-refractivity contribution in [2.75, 3.05) is 0 Å². The Morgan fingerprint density at radius 3 is 2.26 bits per heavy atom. The van der Waals surface area contributed by atoms with Crippen LogP contribution in [-0.4, -0.2) is 4.98 Å². The van der Waals surface area contributed by atoms with Gasteiger partial charge >= 0.3 is 0 Å². The van der Waals surface area contributed by atoms with E-state index in [4.69, 9.17) is 0 Å². The molecule has 7 aromatic rings. The van der Waals surface area contributed by atoms with Crippen LogP contribution in [0.3, 0.4) is 0 Å². The number of aromatic amines is 1. The van der Waals surface area contributed by atoms with Crippen LogP contribution in [0, 0.1) is 0 Å². The van der Waals surface area contributed by atoms with Gasteiger partial charge in [0.05, 0.1) is 5.52 Å². The maximum Gasteiger partial charge on any atom is 0.0551 e. The van der Waals surface area contributed by atoms with E-state index in [2.05, 4.69) is 114 Å². The van der Waals surface area contributed by atoms with Crippen molar-refractivity contribution < 1.29 is 0 Å². The lowest BCUT2D eigenvalue weighted by molar-refractivity contribution is 0.992. The summed E-state index contributed by atoms with van der Waals surface area (Å²) in [5, 5.41) is 10.6. The minimum absolute atomic E-state index is 1.07. The van der Waals surface area contributed by atoms with Crippen LogP contribution in [0.2, 0.25) is 0 Å². The molecule has 35 heavy (non-hydrogen) atoms. The molecule has 8 rings (SSSR count). The van der Waals surface area contributed by atoms with Crippen LogP contribution in [-0.2, 0) is 6.42 Å². The van der Waals surface area contributed by atoms with Crippen molar-refractivity contribution in [1.82, 2.24) is 4.98 Å². The highest BCUT2D eigenvalue weighted by Gasteiger charge is 2.22. The topological polar surface area (TPSA) is 15.8 Å². The molecule has 0 saturated carbocycles. The van der Waals surface area contributed by atoms with Crippen LogP contribution >= 0.6 is 0 Å². The Bertz CT molecular complexity index is 1990. The summed E-state index contributed by atoms with van der Waals surface area (Å²) in [7, 11) is 0. The molecule has 0 saturated heterocycles. The average Bonchev–Trinajstić information content (AvgIpc) is 3.33. The van der Waals surface area contributed by atoms with E-state index in [1.54, 1.807) is 0 Å². The largest absolute Gasteiger partial charge is 0.354 e. The summed E-state index contributed by atoms with van der Waals surface area (Å²) >= 11 is 0. The maximum absolute atomic E-state index is 3.83. The van der Waals surface area contributed by atoms with Crippen molar-refractivity contribution in [1.29, 1.82) is 0 Å². The number of aromatic nitrogens is 1. The number of rotatable bonds is 1. The minimum atomic E-state index is 1.07. The average molecular weight is 446 g/mol. The highest BCUT2D eigenvalue weighted by atomic mass is 14.7. The second-order valence-corrected chi connectivity index (χ2v) is 9.68. The standard InChI is InChI=1S/C34H23N/c1-2-10-21(11-3-1)28-20-29-25-15-7-9-17-27(25)34-33(31(29)26-16-8-6-14-24(26)28)32-23-13-5-4-12-22(23)18-19-30(32)35-34/h1-5,7-13,15-20,35H,6,14H2. The summed E-state index contributed by atoms with van der Waals surface area (Å²) in [6.45, 7) is 0. The molecule has 1 aliphatic rings. The smallest absolute Gasteiger partial charge is 0.0551 e. The summed E-state index contributed by atoms with van der Waals surface area (Å²) in [4.78, 5) is 3.83. The van der Waals surface area contributed by atoms with Crippen LogP contribution in [0.5, 0.6) is 0 Å². The molecule has 0 aliphatic heterocycles. The number of benzene rings is 6. The molecule has 1 aromatic heterocycles. The third-order valence-corrected chi connectivity index (χ3v) is 7.83. The van der Waals surface area contributed by atoms with Gasteiger partial charge in [0.15, 0.2) is 0 Å². The molecule has 0 amide bonds. The molecule has 1 nitrogen and oxygen atoms in total. The third kappa shape index (κ3) is 2.58. The summed E-state index contributed by atoms with van der Waals surface area (Å²) in [6, 6.07) is 35.5. The lowest BCUT2D eigenvalue weighted by Crippen LogP contribution is -2.00. The van der Waals surface area contributed by atoms with Crippen LogP contribution in [0.15, 0.2) is 103 Å². The SMILES string of the molecule is C1=Cc2c(c(-c3ccccc3)cc3c4ccccc4c4[nH]c5ccc6ccccc6c5c4c23)CC1. The Morgan fingerprint density at radius 2 is 1.37 bits per heavy atom. The Hall–Kier alpha value is -4.36. The van der Waals surface area contributed by atoms with Crippen molar-refractivity contribution in [2.45, 2.75) is 12.8 Å². The zero-order valence-corrected chi connectivity index (χ0v) is 19.3. The van der Waals surface area contributed by atoms with E-state index in [9.17, 15) is 0 Å². The molecule has 0 atom stereocenters. The lowest BCUT2D eigenvalue weighted by atomic mass is 9.82. The van der Waals surface area contributed by atoms with E-state index in [1.807, 2.05) is 0 Å². The first-order valence-corrected chi connectivity index (χ1v) is 12.4. The van der Waals surface area contributed by atoms with Crippen LogP contribution in [0.1, 0.15) is 17.5 Å². The Morgan fingerprint density at radius 1 is 0.600 bits per heavy atom. The lowest BCUT2D eigenvalue weighted by Gasteiger charge is -2.21. The first-order chi connectivity index (χ1) is 17.4. The highest BCUT2D eigenvalue weighted by Crippen LogP contribution is 2.46. The number of hydrogen-bond donors (Lipinski definition) is 1. The first-order valence-electron chi connectivity index (χ1n) is 12.4. The molecule has 1 heterocycles. The van der Waals surface area contributed by atoms with Crippen LogP contribution in [0.25, 0.3) is 71.3 Å². The van der Waals surface area contributed by atoms with E-state index in [1.165, 1.54) is 76.4 Å². The summed E-state index contributed by atoms with van der Waals surface area (Å²) < 4.78 is 0. The van der Waals surface area contributed by atoms with Crippen LogP contribution < -0.4 is 0 Å². The molecule has 1 heteroatoms. The summed E-state index contributed by atoms with van der Waals surface area (Å²) in [5.74, 6) is 0. The van der Waals surface area contributed by atoms with Crippen molar-refractivity contribution in [3.8, 4) is 11.1 Å². The van der Waals surface area contributed by atoms with Gasteiger partial charge in [-0.05, 0) is 74.2 Å². The van der Waals surface area contributed by atoms with Crippen molar-refractivity contribution in [3.63, 3.8) is 0 Å². The number of nitrogens with one attached hydrogen (secondary N) is 1. The van der Waals surface area contributed by atoms with Gasteiger partial charge in [0.2, 0.25) is 0 Å². The van der Waals surface area contributed by atoms with Gasteiger partial charge in [-0.15, -0.1) is 0 Å². The quantitative estimate of drug-likeness (QED) is 0.242. The predicted molar refractivity (Wildman–Crippen MR) is 151 cm³/mol. The maximum atomic E-state index is 3.83. The van der Waals surface area contributed by atoms with E-state index in [0.717, 1.165) is 12.8 Å². The number of hydrogen-bond acceptors (Lipinski definition) is 0. The van der Waals surface area contributed by atoms with Gasteiger partial charge in [-0.25, -0.2) is 0 Å². The zero-order valence-electron chi connectivity index (χ0n) is 19.3. The predicted octanol–water partition coefficient (Wildman–Crippen LogP) is 9.41. The molecular weight excluding hydrogens is 422 g/mol. The monoisotopic (exact) mass is 445 g/mol. The molecule has 0 bridgehead atoms. The molecular formula is C34H23N. The first kappa shape index (κ1) is 19.0. The summed E-state index contributed by atoms with van der Waals surface area (Å²) in [6.07, 6.45) is 6.89. The molecule has 6 aromatic carbocycles. The highest BCUT2D eigenvalue weighted by molar-refractivity contribution is 6.36. The fraction of sp³-hybridized carbons (Fsp3) is 0.0588. The minimum Gasteiger partial charge on any atom is -0.354 e. The Labute approximate surface area is 203 Å². The molecule has 1 N–H and O–H groups in total. The second-order valence-electron chi connectivity index (χ2n) is 9.68. The van der Waals surface area contributed by atoms with Gasteiger partial charge in [0, 0.05) is 21.7 Å². The van der Waals surface area contributed by atoms with Crippen molar-refractivity contribution >= 4 is 60.2 Å². The zero-order chi connectivity index (χ0) is 22.9. The van der Waals surface area contributed by atoms with Crippen molar-refractivity contribution in [3.05, 3.63) is 114 Å².